The van der Waals surface area contributed by atoms with E-state index in [-0.39, 0.29) is 0 Å². The summed E-state index contributed by atoms with van der Waals surface area (Å²) in [6.07, 6.45) is 2.88. The van der Waals surface area contributed by atoms with E-state index < -0.39 is 0 Å². The summed E-state index contributed by atoms with van der Waals surface area (Å²) >= 11 is 0. The molecular weight excluding hydrogens is 278 g/mol. The van der Waals surface area contributed by atoms with Gasteiger partial charge in [-0.05, 0) is 33.1 Å². The number of nitrogens with zero attached hydrogens (tertiary/aromatic N) is 2. The number of nitrogens with two attached hydrogens (primary N) is 2. The van der Waals surface area contributed by atoms with Crippen LogP contribution in [0.2, 0.25) is 0 Å². The SMILES string of the molecule is CCc1nc(N(N)CC)c(C)c(NC2CCOCC2)c1CN. The minimum Gasteiger partial charge on any atom is -0.381 e. The number of hydrogen-bond donors (Lipinski definition) is 3. The van der Waals surface area contributed by atoms with Crippen molar-refractivity contribution in [2.75, 3.05) is 30.1 Å². The predicted molar refractivity (Wildman–Crippen MR) is 90.9 cm³/mol. The van der Waals surface area contributed by atoms with Gasteiger partial charge in [-0.2, -0.15) is 0 Å². The largest absolute Gasteiger partial charge is 0.381 e. The fraction of sp³-hybridized carbons (Fsp3) is 0.688. The van der Waals surface area contributed by atoms with E-state index in [4.69, 9.17) is 21.3 Å². The van der Waals surface area contributed by atoms with Crippen LogP contribution in [0.4, 0.5) is 11.5 Å². The molecule has 1 fully saturated rings. The molecule has 1 aromatic rings. The summed E-state index contributed by atoms with van der Waals surface area (Å²) in [7, 11) is 0. The Hall–Kier alpha value is -1.37. The van der Waals surface area contributed by atoms with Gasteiger partial charge in [0, 0.05) is 54.9 Å². The van der Waals surface area contributed by atoms with Crippen LogP contribution < -0.4 is 21.9 Å². The van der Waals surface area contributed by atoms with E-state index in [0.717, 1.165) is 67.3 Å². The summed E-state index contributed by atoms with van der Waals surface area (Å²) < 4.78 is 5.44. The van der Waals surface area contributed by atoms with E-state index in [1.165, 1.54) is 0 Å². The van der Waals surface area contributed by atoms with Gasteiger partial charge in [0.2, 0.25) is 0 Å². The Morgan fingerprint density at radius 3 is 2.55 bits per heavy atom. The van der Waals surface area contributed by atoms with E-state index in [0.29, 0.717) is 12.6 Å². The first-order valence-corrected chi connectivity index (χ1v) is 8.21. The molecule has 124 valence electrons. The molecule has 1 aromatic heterocycles. The first-order valence-electron chi connectivity index (χ1n) is 8.21. The van der Waals surface area contributed by atoms with Gasteiger partial charge in [-0.15, -0.1) is 0 Å². The molecule has 5 N–H and O–H groups in total. The molecule has 6 heteroatoms. The topological polar surface area (TPSA) is 89.4 Å². The van der Waals surface area contributed by atoms with E-state index in [9.17, 15) is 0 Å². The molecule has 0 aromatic carbocycles. The van der Waals surface area contributed by atoms with Gasteiger partial charge in [0.25, 0.3) is 0 Å². The lowest BCUT2D eigenvalue weighted by molar-refractivity contribution is 0.0904. The Bertz CT molecular complexity index is 500. The van der Waals surface area contributed by atoms with Gasteiger partial charge in [-0.3, -0.25) is 5.01 Å². The van der Waals surface area contributed by atoms with Crippen molar-refractivity contribution in [3.63, 3.8) is 0 Å². The molecule has 2 rings (SSSR count). The zero-order valence-electron chi connectivity index (χ0n) is 14.0. The quantitative estimate of drug-likeness (QED) is 0.547. The molecule has 0 bridgehead atoms. The Balaban J connectivity index is 2.42. The molecule has 0 amide bonds. The van der Waals surface area contributed by atoms with Crippen LogP contribution in [0.3, 0.4) is 0 Å². The predicted octanol–water partition coefficient (Wildman–Crippen LogP) is 1.70. The number of hydrazine groups is 1. The van der Waals surface area contributed by atoms with Crippen molar-refractivity contribution in [2.24, 2.45) is 11.6 Å². The fourth-order valence-electron chi connectivity index (χ4n) is 2.94. The van der Waals surface area contributed by atoms with Gasteiger partial charge in [0.1, 0.15) is 5.82 Å². The zero-order valence-corrected chi connectivity index (χ0v) is 14.0. The average molecular weight is 307 g/mol. The highest BCUT2D eigenvalue weighted by atomic mass is 16.5. The Morgan fingerprint density at radius 1 is 1.32 bits per heavy atom. The Kier molecular flexibility index (Phi) is 5.99. The second-order valence-corrected chi connectivity index (χ2v) is 5.74. The molecule has 0 saturated carbocycles. The first-order chi connectivity index (χ1) is 10.6. The summed E-state index contributed by atoms with van der Waals surface area (Å²) in [4.78, 5) is 4.74. The van der Waals surface area contributed by atoms with Crippen molar-refractivity contribution in [3.05, 3.63) is 16.8 Å². The highest BCUT2D eigenvalue weighted by Crippen LogP contribution is 2.31. The number of aromatic nitrogens is 1. The van der Waals surface area contributed by atoms with E-state index in [2.05, 4.69) is 19.2 Å². The van der Waals surface area contributed by atoms with Gasteiger partial charge in [-0.1, -0.05) is 6.92 Å². The molecule has 0 aliphatic carbocycles. The molecule has 0 spiro atoms. The van der Waals surface area contributed by atoms with Crippen LogP contribution in [-0.2, 0) is 17.7 Å². The van der Waals surface area contributed by atoms with Crippen LogP contribution in [0.25, 0.3) is 0 Å². The fourth-order valence-corrected chi connectivity index (χ4v) is 2.94. The third kappa shape index (κ3) is 3.51. The maximum Gasteiger partial charge on any atom is 0.147 e. The summed E-state index contributed by atoms with van der Waals surface area (Å²) in [6, 6.07) is 0.422. The van der Waals surface area contributed by atoms with Crippen LogP contribution >= 0.6 is 0 Å². The third-order valence-electron chi connectivity index (χ3n) is 4.32. The van der Waals surface area contributed by atoms with Crippen molar-refractivity contribution in [1.82, 2.24) is 4.98 Å². The first kappa shape index (κ1) is 17.0. The lowest BCUT2D eigenvalue weighted by Crippen LogP contribution is -2.34. The number of rotatable bonds is 6. The summed E-state index contributed by atoms with van der Waals surface area (Å²) in [5, 5.41) is 5.38. The van der Waals surface area contributed by atoms with Crippen LogP contribution in [0.1, 0.15) is 43.5 Å². The molecule has 1 aliphatic rings. The molecule has 0 atom stereocenters. The number of aryl methyl sites for hydroxylation is 1. The molecule has 6 nitrogen and oxygen atoms in total. The van der Waals surface area contributed by atoms with Gasteiger partial charge in [0.15, 0.2) is 0 Å². The Morgan fingerprint density at radius 2 is 2.00 bits per heavy atom. The molecule has 1 saturated heterocycles. The van der Waals surface area contributed by atoms with E-state index in [1.54, 1.807) is 5.01 Å². The van der Waals surface area contributed by atoms with Crippen molar-refractivity contribution in [2.45, 2.75) is 52.6 Å². The lowest BCUT2D eigenvalue weighted by Gasteiger charge is -2.29. The van der Waals surface area contributed by atoms with Crippen molar-refractivity contribution < 1.29 is 4.74 Å². The average Bonchev–Trinajstić information content (AvgIpc) is 2.56. The van der Waals surface area contributed by atoms with Gasteiger partial charge >= 0.3 is 0 Å². The van der Waals surface area contributed by atoms with Gasteiger partial charge in [0.05, 0.1) is 0 Å². The second kappa shape index (κ2) is 7.76. The molecule has 22 heavy (non-hydrogen) atoms. The van der Waals surface area contributed by atoms with E-state index >= 15 is 0 Å². The molecule has 1 aliphatic heterocycles. The van der Waals surface area contributed by atoms with Gasteiger partial charge in [-0.25, -0.2) is 10.8 Å². The number of nitrogens with one attached hydrogen (secondary N) is 1. The van der Waals surface area contributed by atoms with Gasteiger partial charge < -0.3 is 15.8 Å². The van der Waals surface area contributed by atoms with Crippen molar-refractivity contribution in [3.8, 4) is 0 Å². The zero-order chi connectivity index (χ0) is 16.1. The summed E-state index contributed by atoms with van der Waals surface area (Å²) in [6.45, 7) is 9.02. The monoisotopic (exact) mass is 307 g/mol. The van der Waals surface area contributed by atoms with Crippen molar-refractivity contribution >= 4 is 11.5 Å². The number of ether oxygens (including phenoxy) is 1. The maximum atomic E-state index is 6.10. The van der Waals surface area contributed by atoms with Crippen molar-refractivity contribution in [1.29, 1.82) is 0 Å². The molecule has 0 radical (unpaired) electrons. The number of hydrogen-bond acceptors (Lipinski definition) is 6. The van der Waals surface area contributed by atoms with Crippen LogP contribution in [0, 0.1) is 6.92 Å². The second-order valence-electron chi connectivity index (χ2n) is 5.74. The molecule has 0 unspecified atom stereocenters. The van der Waals surface area contributed by atoms with Crippen LogP contribution in [0.15, 0.2) is 0 Å². The molecular formula is C16H29N5O. The highest BCUT2D eigenvalue weighted by Gasteiger charge is 2.21. The standard InChI is InChI=1S/C16H29N5O/c1-4-14-13(10-17)15(19-12-6-8-22-9-7-12)11(3)16(20-14)21(18)5-2/h12H,4-10,17-18H2,1-3H3,(H,19,20). The summed E-state index contributed by atoms with van der Waals surface area (Å²) in [5.74, 6) is 6.94. The smallest absolute Gasteiger partial charge is 0.147 e. The maximum absolute atomic E-state index is 6.10. The third-order valence-corrected chi connectivity index (χ3v) is 4.32. The van der Waals surface area contributed by atoms with Crippen LogP contribution in [-0.4, -0.2) is 30.8 Å². The molecule has 2 heterocycles. The number of anilines is 2. The minimum atomic E-state index is 0.422. The van der Waals surface area contributed by atoms with E-state index in [1.807, 2.05) is 6.92 Å². The minimum absolute atomic E-state index is 0.422. The summed E-state index contributed by atoms with van der Waals surface area (Å²) in [5.41, 5.74) is 10.3. The normalized spacial score (nSPS) is 15.9. The number of pyridine rings is 1. The van der Waals surface area contributed by atoms with Crippen LogP contribution in [0.5, 0.6) is 0 Å². The highest BCUT2D eigenvalue weighted by molar-refractivity contribution is 5.68. The lowest BCUT2D eigenvalue weighted by atomic mass is 10.0. The Labute approximate surface area is 133 Å².